The van der Waals surface area contributed by atoms with E-state index in [9.17, 15) is 9.59 Å². The first kappa shape index (κ1) is 15.7. The van der Waals surface area contributed by atoms with Gasteiger partial charge in [-0.1, -0.05) is 11.2 Å². The van der Waals surface area contributed by atoms with Crippen LogP contribution in [0.25, 0.3) is 0 Å². The molecule has 0 saturated heterocycles. The monoisotopic (exact) mass is 302 g/mol. The molecule has 0 spiro atoms. The van der Waals surface area contributed by atoms with Crippen molar-refractivity contribution in [1.82, 2.24) is 20.4 Å². The first-order valence-electron chi connectivity index (χ1n) is 6.87. The SMILES string of the molecule is CC(=O)NCc1cc(C(=O)N(C)C(C)c2ccccn2)no1. The molecule has 2 rings (SSSR count). The highest BCUT2D eigenvalue weighted by atomic mass is 16.5. The fourth-order valence-corrected chi connectivity index (χ4v) is 1.89. The lowest BCUT2D eigenvalue weighted by Crippen LogP contribution is -2.30. The lowest BCUT2D eigenvalue weighted by Gasteiger charge is -2.23. The summed E-state index contributed by atoms with van der Waals surface area (Å²) in [5, 5.41) is 6.34. The molecule has 0 fully saturated rings. The van der Waals surface area contributed by atoms with E-state index < -0.39 is 0 Å². The lowest BCUT2D eigenvalue weighted by molar-refractivity contribution is -0.119. The fourth-order valence-electron chi connectivity index (χ4n) is 1.89. The van der Waals surface area contributed by atoms with Crippen molar-refractivity contribution in [2.75, 3.05) is 7.05 Å². The molecule has 0 aliphatic heterocycles. The number of pyridine rings is 1. The number of aromatic nitrogens is 2. The van der Waals surface area contributed by atoms with Crippen molar-refractivity contribution in [2.24, 2.45) is 0 Å². The van der Waals surface area contributed by atoms with Gasteiger partial charge < -0.3 is 14.7 Å². The van der Waals surface area contributed by atoms with E-state index >= 15 is 0 Å². The summed E-state index contributed by atoms with van der Waals surface area (Å²) in [5.74, 6) is -0.0152. The fraction of sp³-hybridized carbons (Fsp3) is 0.333. The second-order valence-electron chi connectivity index (χ2n) is 4.93. The molecule has 0 aliphatic carbocycles. The summed E-state index contributed by atoms with van der Waals surface area (Å²) in [4.78, 5) is 29.0. The average Bonchev–Trinajstić information content (AvgIpc) is 3.00. The van der Waals surface area contributed by atoms with Gasteiger partial charge in [-0.2, -0.15) is 0 Å². The topological polar surface area (TPSA) is 88.3 Å². The highest BCUT2D eigenvalue weighted by molar-refractivity contribution is 5.92. The van der Waals surface area contributed by atoms with E-state index in [2.05, 4.69) is 15.5 Å². The number of nitrogens with one attached hydrogen (secondary N) is 1. The highest BCUT2D eigenvalue weighted by Crippen LogP contribution is 2.18. The minimum Gasteiger partial charge on any atom is -0.359 e. The number of amides is 2. The summed E-state index contributed by atoms with van der Waals surface area (Å²) >= 11 is 0. The first-order chi connectivity index (χ1) is 10.5. The van der Waals surface area contributed by atoms with Gasteiger partial charge >= 0.3 is 0 Å². The van der Waals surface area contributed by atoms with E-state index in [4.69, 9.17) is 4.52 Å². The van der Waals surface area contributed by atoms with E-state index in [0.29, 0.717) is 5.76 Å². The van der Waals surface area contributed by atoms with Crippen molar-refractivity contribution in [3.05, 3.63) is 47.6 Å². The molecule has 116 valence electrons. The van der Waals surface area contributed by atoms with E-state index in [1.54, 1.807) is 18.1 Å². The zero-order valence-electron chi connectivity index (χ0n) is 12.7. The molecule has 22 heavy (non-hydrogen) atoms. The molecule has 0 saturated carbocycles. The van der Waals surface area contributed by atoms with Crippen LogP contribution in [0, 0.1) is 0 Å². The molecule has 1 unspecified atom stereocenters. The number of rotatable bonds is 5. The highest BCUT2D eigenvalue weighted by Gasteiger charge is 2.22. The molecule has 2 aromatic rings. The maximum absolute atomic E-state index is 12.4. The standard InChI is InChI=1S/C15H18N4O3/c1-10(13-6-4-5-7-16-13)19(3)15(21)14-8-12(22-18-14)9-17-11(2)20/h4-8,10H,9H2,1-3H3,(H,17,20). The van der Waals surface area contributed by atoms with Gasteiger partial charge in [0.15, 0.2) is 11.5 Å². The van der Waals surface area contributed by atoms with Gasteiger partial charge in [-0.15, -0.1) is 0 Å². The van der Waals surface area contributed by atoms with E-state index in [-0.39, 0.29) is 30.1 Å². The van der Waals surface area contributed by atoms with E-state index in [1.165, 1.54) is 13.0 Å². The Hall–Kier alpha value is -2.70. The maximum atomic E-state index is 12.4. The Bertz CT molecular complexity index is 654. The first-order valence-corrected chi connectivity index (χ1v) is 6.87. The average molecular weight is 302 g/mol. The zero-order chi connectivity index (χ0) is 16.1. The molecule has 2 amide bonds. The molecule has 2 heterocycles. The van der Waals surface area contributed by atoms with Gasteiger partial charge in [-0.3, -0.25) is 14.6 Å². The number of carbonyl (C=O) groups is 2. The molecular weight excluding hydrogens is 284 g/mol. The molecular formula is C15H18N4O3. The Balaban J connectivity index is 2.06. The Morgan fingerprint density at radius 1 is 1.41 bits per heavy atom. The molecule has 7 heteroatoms. The third-order valence-electron chi connectivity index (χ3n) is 3.31. The Morgan fingerprint density at radius 2 is 2.18 bits per heavy atom. The van der Waals surface area contributed by atoms with Crippen LogP contribution in [0.5, 0.6) is 0 Å². The number of hydrogen-bond acceptors (Lipinski definition) is 5. The Morgan fingerprint density at radius 3 is 2.82 bits per heavy atom. The van der Waals surface area contributed by atoms with Crippen molar-refractivity contribution in [1.29, 1.82) is 0 Å². The minimum atomic E-state index is -0.268. The molecule has 0 aromatic carbocycles. The summed E-state index contributed by atoms with van der Waals surface area (Å²) in [6.07, 6.45) is 1.69. The van der Waals surface area contributed by atoms with Crippen LogP contribution in [0.1, 0.15) is 41.8 Å². The van der Waals surface area contributed by atoms with Crippen molar-refractivity contribution in [3.63, 3.8) is 0 Å². The quantitative estimate of drug-likeness (QED) is 0.905. The number of hydrogen-bond donors (Lipinski definition) is 1. The van der Waals surface area contributed by atoms with Crippen LogP contribution in [0.15, 0.2) is 35.0 Å². The van der Waals surface area contributed by atoms with Crippen molar-refractivity contribution < 1.29 is 14.1 Å². The van der Waals surface area contributed by atoms with Crippen LogP contribution in [0.4, 0.5) is 0 Å². The summed E-state index contributed by atoms with van der Waals surface area (Å²) in [5.41, 5.74) is 0.992. The molecule has 1 atom stereocenters. The Kier molecular flexibility index (Phi) is 4.88. The van der Waals surface area contributed by atoms with Gasteiger partial charge in [0, 0.05) is 26.2 Å². The van der Waals surface area contributed by atoms with Crippen molar-refractivity contribution >= 4 is 11.8 Å². The van der Waals surface area contributed by atoms with Gasteiger partial charge in [-0.25, -0.2) is 0 Å². The summed E-state index contributed by atoms with van der Waals surface area (Å²) in [7, 11) is 1.68. The minimum absolute atomic E-state index is 0.176. The molecule has 1 N–H and O–H groups in total. The van der Waals surface area contributed by atoms with Gasteiger partial charge in [0.25, 0.3) is 5.91 Å². The summed E-state index contributed by atoms with van der Waals surface area (Å²) in [6, 6.07) is 6.89. The smallest absolute Gasteiger partial charge is 0.276 e. The van der Waals surface area contributed by atoms with Gasteiger partial charge in [0.05, 0.1) is 18.3 Å². The van der Waals surface area contributed by atoms with Crippen LogP contribution < -0.4 is 5.32 Å². The second-order valence-corrected chi connectivity index (χ2v) is 4.93. The summed E-state index contributed by atoms with van der Waals surface area (Å²) < 4.78 is 5.04. The largest absolute Gasteiger partial charge is 0.359 e. The second kappa shape index (κ2) is 6.84. The Labute approximate surface area is 128 Å². The van der Waals surface area contributed by atoms with Crippen LogP contribution >= 0.6 is 0 Å². The van der Waals surface area contributed by atoms with Crippen LogP contribution in [-0.2, 0) is 11.3 Å². The number of carbonyl (C=O) groups excluding carboxylic acids is 2. The zero-order valence-corrected chi connectivity index (χ0v) is 12.7. The van der Waals surface area contributed by atoms with E-state index in [0.717, 1.165) is 5.69 Å². The van der Waals surface area contributed by atoms with Gasteiger partial charge in [0.1, 0.15) is 0 Å². The maximum Gasteiger partial charge on any atom is 0.276 e. The normalized spacial score (nSPS) is 11.8. The third kappa shape index (κ3) is 3.69. The van der Waals surface area contributed by atoms with Crippen molar-refractivity contribution in [3.8, 4) is 0 Å². The van der Waals surface area contributed by atoms with Gasteiger partial charge in [0.2, 0.25) is 5.91 Å². The molecule has 7 nitrogen and oxygen atoms in total. The van der Waals surface area contributed by atoms with E-state index in [1.807, 2.05) is 25.1 Å². The molecule has 0 aliphatic rings. The lowest BCUT2D eigenvalue weighted by atomic mass is 10.2. The van der Waals surface area contributed by atoms with Crippen molar-refractivity contribution in [2.45, 2.75) is 26.4 Å². The third-order valence-corrected chi connectivity index (χ3v) is 3.31. The van der Waals surface area contributed by atoms with Gasteiger partial charge in [-0.05, 0) is 19.1 Å². The molecule has 0 radical (unpaired) electrons. The van der Waals surface area contributed by atoms with Crippen LogP contribution in [0.2, 0.25) is 0 Å². The van der Waals surface area contributed by atoms with Crippen LogP contribution in [-0.4, -0.2) is 33.9 Å². The predicted octanol–water partition coefficient (Wildman–Crippen LogP) is 1.54. The number of nitrogens with zero attached hydrogens (tertiary/aromatic N) is 3. The summed E-state index contributed by atoms with van der Waals surface area (Å²) in [6.45, 7) is 3.50. The van der Waals surface area contributed by atoms with Crippen LogP contribution in [0.3, 0.4) is 0 Å². The predicted molar refractivity (Wildman–Crippen MR) is 78.8 cm³/mol. The molecule has 0 bridgehead atoms. The molecule has 2 aromatic heterocycles.